The van der Waals surface area contributed by atoms with Crippen LogP contribution in [0.25, 0.3) is 0 Å². The smallest absolute Gasteiger partial charge is 0.261 e. The maximum Gasteiger partial charge on any atom is 0.261 e. The largest absolute Gasteiger partial charge is 0.494 e. The molecule has 28 heavy (non-hydrogen) atoms. The number of nitrogens with one attached hydrogen (secondary N) is 1. The zero-order chi connectivity index (χ0) is 20.1. The molecule has 2 aromatic rings. The number of fused-ring (bicyclic) bond motifs is 1. The second kappa shape index (κ2) is 8.52. The van der Waals surface area contributed by atoms with E-state index in [9.17, 15) is 13.2 Å². The molecule has 1 aliphatic heterocycles. The molecule has 1 atom stereocenters. The van der Waals surface area contributed by atoms with E-state index in [0.29, 0.717) is 24.6 Å². The molecule has 1 N–H and O–H groups in total. The Morgan fingerprint density at radius 3 is 2.68 bits per heavy atom. The molecule has 0 aliphatic carbocycles. The Balaban J connectivity index is 1.74. The molecule has 1 amide bonds. The number of carbonyl (C=O) groups excluding carboxylic acids is 1. The molecule has 7 nitrogen and oxygen atoms in total. The van der Waals surface area contributed by atoms with Gasteiger partial charge in [0.15, 0.2) is 6.10 Å². The Hall–Kier alpha value is -2.74. The summed E-state index contributed by atoms with van der Waals surface area (Å²) in [7, 11) is -3.47. The van der Waals surface area contributed by atoms with Gasteiger partial charge in [-0.1, -0.05) is 30.3 Å². The lowest BCUT2D eigenvalue weighted by Gasteiger charge is -2.20. The number of sulfonamides is 1. The van der Waals surface area contributed by atoms with E-state index < -0.39 is 16.1 Å². The molecule has 150 valence electrons. The first-order valence-electron chi connectivity index (χ1n) is 9.12. The first-order chi connectivity index (χ1) is 13.4. The summed E-state index contributed by atoms with van der Waals surface area (Å²) in [5, 5.41) is 2.87. The average molecular weight is 404 g/mol. The average Bonchev–Trinajstić information content (AvgIpc) is 2.87. The van der Waals surface area contributed by atoms with Crippen molar-refractivity contribution in [3.63, 3.8) is 0 Å². The van der Waals surface area contributed by atoms with Crippen LogP contribution in [0.2, 0.25) is 0 Å². The van der Waals surface area contributed by atoms with Gasteiger partial charge in [0.05, 0.1) is 18.6 Å². The Kier molecular flexibility index (Phi) is 6.08. The fourth-order valence-electron chi connectivity index (χ4n) is 3.10. The number of para-hydroxylation sites is 3. The Morgan fingerprint density at radius 1 is 1.21 bits per heavy atom. The topological polar surface area (TPSA) is 84.9 Å². The zero-order valence-corrected chi connectivity index (χ0v) is 16.7. The minimum absolute atomic E-state index is 0.170. The van der Waals surface area contributed by atoms with Crippen LogP contribution < -0.4 is 19.1 Å². The first kappa shape index (κ1) is 20.0. The predicted molar refractivity (Wildman–Crippen MR) is 107 cm³/mol. The maximum absolute atomic E-state index is 12.7. The molecule has 0 bridgehead atoms. The van der Waals surface area contributed by atoms with Crippen molar-refractivity contribution in [2.45, 2.75) is 26.0 Å². The summed E-state index contributed by atoms with van der Waals surface area (Å²) >= 11 is 0. The predicted octanol–water partition coefficient (Wildman–Crippen LogP) is 2.32. The number of benzene rings is 2. The summed E-state index contributed by atoms with van der Waals surface area (Å²) in [6.07, 6.45) is 0.613. The van der Waals surface area contributed by atoms with E-state index in [1.165, 1.54) is 4.31 Å². The molecule has 1 heterocycles. The van der Waals surface area contributed by atoms with Crippen LogP contribution in [0.4, 0.5) is 5.69 Å². The van der Waals surface area contributed by atoms with E-state index in [1.54, 1.807) is 24.3 Å². The normalized spacial score (nSPS) is 16.5. The minimum Gasteiger partial charge on any atom is -0.494 e. The molecule has 0 radical (unpaired) electrons. The van der Waals surface area contributed by atoms with Gasteiger partial charge in [-0.25, -0.2) is 8.42 Å². The molecule has 0 unspecified atom stereocenters. The third-order valence-electron chi connectivity index (χ3n) is 4.42. The third-order valence-corrected chi connectivity index (χ3v) is 5.60. The molecule has 3 rings (SSSR count). The van der Waals surface area contributed by atoms with Gasteiger partial charge in [0, 0.05) is 25.1 Å². The molecule has 0 saturated heterocycles. The first-order valence-corrected chi connectivity index (χ1v) is 11.0. The lowest BCUT2D eigenvalue weighted by Crippen LogP contribution is -2.39. The summed E-state index contributed by atoms with van der Waals surface area (Å²) in [4.78, 5) is 12.7. The van der Waals surface area contributed by atoms with Crippen molar-refractivity contribution in [3.8, 4) is 11.5 Å². The number of hydrogen-bond acceptors (Lipinski definition) is 5. The van der Waals surface area contributed by atoms with Crippen LogP contribution >= 0.6 is 0 Å². The van der Waals surface area contributed by atoms with Crippen LogP contribution in [0.5, 0.6) is 11.5 Å². The fourth-order valence-corrected chi connectivity index (χ4v) is 4.05. The van der Waals surface area contributed by atoms with E-state index in [0.717, 1.165) is 17.6 Å². The molecule has 0 saturated carbocycles. The molecular weight excluding hydrogens is 380 g/mol. The summed E-state index contributed by atoms with van der Waals surface area (Å²) < 4.78 is 37.0. The highest BCUT2D eigenvalue weighted by Gasteiger charge is 2.30. The quantitative estimate of drug-likeness (QED) is 0.799. The van der Waals surface area contributed by atoms with E-state index in [-0.39, 0.29) is 18.9 Å². The second-order valence-corrected chi connectivity index (χ2v) is 8.36. The molecular formula is C20H24N2O5S. The number of amides is 1. The monoisotopic (exact) mass is 404 g/mol. The van der Waals surface area contributed by atoms with Gasteiger partial charge < -0.3 is 14.8 Å². The van der Waals surface area contributed by atoms with Gasteiger partial charge in [-0.15, -0.1) is 0 Å². The number of anilines is 1. The van der Waals surface area contributed by atoms with Gasteiger partial charge in [0.25, 0.3) is 5.91 Å². The van der Waals surface area contributed by atoms with Gasteiger partial charge in [0.2, 0.25) is 10.0 Å². The van der Waals surface area contributed by atoms with E-state index in [1.807, 2.05) is 31.2 Å². The van der Waals surface area contributed by atoms with Crippen LogP contribution in [0.3, 0.4) is 0 Å². The Morgan fingerprint density at radius 2 is 1.93 bits per heavy atom. The highest BCUT2D eigenvalue weighted by Crippen LogP contribution is 2.33. The number of hydrogen-bond donors (Lipinski definition) is 1. The molecule has 2 aromatic carbocycles. The van der Waals surface area contributed by atoms with E-state index >= 15 is 0 Å². The summed E-state index contributed by atoms with van der Waals surface area (Å²) in [5.74, 6) is 0.803. The number of rotatable bonds is 6. The highest BCUT2D eigenvalue weighted by molar-refractivity contribution is 7.92. The van der Waals surface area contributed by atoms with Crippen molar-refractivity contribution < 1.29 is 22.7 Å². The zero-order valence-electron chi connectivity index (χ0n) is 15.9. The Labute approximate surface area is 165 Å². The van der Waals surface area contributed by atoms with Crippen molar-refractivity contribution >= 4 is 21.6 Å². The second-order valence-electron chi connectivity index (χ2n) is 6.46. The number of nitrogens with zero attached hydrogens (tertiary/aromatic N) is 1. The number of ether oxygens (including phenoxy) is 2. The molecule has 0 spiro atoms. The van der Waals surface area contributed by atoms with Crippen LogP contribution in [-0.4, -0.2) is 39.8 Å². The highest BCUT2D eigenvalue weighted by atomic mass is 32.2. The third kappa shape index (κ3) is 4.56. The molecule has 0 aromatic heterocycles. The standard InChI is InChI=1S/C20H24N2O5S/c1-3-26-17-10-6-4-8-15(17)14-21-20(23)19-12-13-22(28(2,24)25)16-9-5-7-11-18(16)27-19/h4-11,19H,3,12-14H2,1-2H3,(H,21,23)/t19-/m1/s1. The van der Waals surface area contributed by atoms with Crippen molar-refractivity contribution in [2.24, 2.45) is 0 Å². The Bertz CT molecular complexity index is 945. The van der Waals surface area contributed by atoms with Crippen LogP contribution in [0, 0.1) is 0 Å². The van der Waals surface area contributed by atoms with E-state index in [4.69, 9.17) is 9.47 Å². The van der Waals surface area contributed by atoms with Crippen molar-refractivity contribution in [1.82, 2.24) is 5.32 Å². The van der Waals surface area contributed by atoms with Crippen LogP contribution in [0.1, 0.15) is 18.9 Å². The van der Waals surface area contributed by atoms with Crippen molar-refractivity contribution in [3.05, 3.63) is 54.1 Å². The minimum atomic E-state index is -3.47. The summed E-state index contributed by atoms with van der Waals surface area (Å²) in [5.41, 5.74) is 1.31. The number of carbonyl (C=O) groups is 1. The lowest BCUT2D eigenvalue weighted by atomic mass is 10.2. The van der Waals surface area contributed by atoms with Crippen molar-refractivity contribution in [2.75, 3.05) is 23.7 Å². The molecule has 8 heteroatoms. The van der Waals surface area contributed by atoms with Crippen molar-refractivity contribution in [1.29, 1.82) is 0 Å². The summed E-state index contributed by atoms with van der Waals surface area (Å²) in [6.45, 7) is 2.91. The lowest BCUT2D eigenvalue weighted by molar-refractivity contribution is -0.128. The molecule has 1 aliphatic rings. The summed E-state index contributed by atoms with van der Waals surface area (Å²) in [6, 6.07) is 14.3. The van der Waals surface area contributed by atoms with Gasteiger partial charge >= 0.3 is 0 Å². The van der Waals surface area contributed by atoms with E-state index in [2.05, 4.69) is 5.32 Å². The van der Waals surface area contributed by atoms with Gasteiger partial charge in [-0.3, -0.25) is 9.10 Å². The van der Waals surface area contributed by atoms with Gasteiger partial charge in [-0.2, -0.15) is 0 Å². The van der Waals surface area contributed by atoms with Crippen LogP contribution in [-0.2, 0) is 21.4 Å². The van der Waals surface area contributed by atoms with Crippen LogP contribution in [0.15, 0.2) is 48.5 Å². The maximum atomic E-state index is 12.7. The molecule has 0 fully saturated rings. The van der Waals surface area contributed by atoms with Gasteiger partial charge in [0.1, 0.15) is 11.5 Å². The van der Waals surface area contributed by atoms with Gasteiger partial charge in [-0.05, 0) is 25.1 Å². The SMILES string of the molecule is CCOc1ccccc1CNC(=O)[C@H]1CCN(S(C)(=O)=O)c2ccccc2O1. The fraction of sp³-hybridized carbons (Fsp3) is 0.350.